The van der Waals surface area contributed by atoms with Gasteiger partial charge in [-0.15, -0.1) is 11.3 Å². The second kappa shape index (κ2) is 4.43. The van der Waals surface area contributed by atoms with Crippen LogP contribution in [0.5, 0.6) is 0 Å². The monoisotopic (exact) mass is 327 g/mol. The number of hydrogen-bond donors (Lipinski definition) is 1. The molecule has 3 nitrogen and oxygen atoms in total. The zero-order valence-corrected chi connectivity index (χ0v) is 10.4. The van der Waals surface area contributed by atoms with Crippen LogP contribution in [0.4, 0.5) is 13.2 Å². The van der Waals surface area contributed by atoms with Crippen molar-refractivity contribution in [3.63, 3.8) is 0 Å². The molecule has 0 bridgehead atoms. The van der Waals surface area contributed by atoms with Gasteiger partial charge in [-0.25, -0.2) is 4.98 Å². The molecule has 2 rings (SSSR count). The number of alkyl halides is 3. The zero-order chi connectivity index (χ0) is 12.6. The molecular formula is C9H5BrF3NO2S. The van der Waals surface area contributed by atoms with Crippen LogP contribution in [-0.4, -0.2) is 10.1 Å². The first-order chi connectivity index (χ1) is 7.89. The van der Waals surface area contributed by atoms with Gasteiger partial charge in [-0.1, -0.05) is 0 Å². The molecule has 0 spiro atoms. The highest BCUT2D eigenvalue weighted by atomic mass is 79.9. The predicted octanol–water partition coefficient (Wildman–Crippen LogP) is 3.60. The van der Waals surface area contributed by atoms with Crippen LogP contribution in [0, 0.1) is 0 Å². The smallest absolute Gasteiger partial charge is 0.443 e. The number of hydrogen-bond acceptors (Lipinski definition) is 4. The van der Waals surface area contributed by atoms with Crippen molar-refractivity contribution >= 4 is 27.3 Å². The van der Waals surface area contributed by atoms with Crippen molar-refractivity contribution in [1.29, 1.82) is 0 Å². The van der Waals surface area contributed by atoms with E-state index in [0.717, 1.165) is 6.20 Å². The van der Waals surface area contributed by atoms with Gasteiger partial charge in [0.2, 0.25) is 0 Å². The van der Waals surface area contributed by atoms with Crippen LogP contribution < -0.4 is 0 Å². The summed E-state index contributed by atoms with van der Waals surface area (Å²) in [7, 11) is 0. The summed E-state index contributed by atoms with van der Waals surface area (Å²) in [5.74, 6) is 0. The van der Waals surface area contributed by atoms with Crippen LogP contribution in [0.15, 0.2) is 27.6 Å². The van der Waals surface area contributed by atoms with E-state index in [9.17, 15) is 18.3 Å². The first-order valence-corrected chi connectivity index (χ1v) is 5.94. The van der Waals surface area contributed by atoms with Gasteiger partial charge in [-0.05, 0) is 22.0 Å². The lowest BCUT2D eigenvalue weighted by Crippen LogP contribution is -2.03. The Morgan fingerprint density at radius 2 is 2.18 bits per heavy atom. The summed E-state index contributed by atoms with van der Waals surface area (Å²) in [5, 5.41) is 8.87. The fourth-order valence-electron chi connectivity index (χ4n) is 1.20. The number of rotatable bonds is 2. The van der Waals surface area contributed by atoms with Crippen molar-refractivity contribution in [1.82, 2.24) is 4.98 Å². The maximum atomic E-state index is 12.3. The van der Waals surface area contributed by atoms with Crippen molar-refractivity contribution in [2.45, 2.75) is 12.3 Å². The van der Waals surface area contributed by atoms with Gasteiger partial charge in [-0.3, -0.25) is 0 Å². The molecule has 0 saturated carbocycles. The molecule has 1 atom stereocenters. The molecule has 0 aliphatic heterocycles. The molecule has 1 N–H and O–H groups in total. The number of aliphatic hydroxyl groups is 1. The second-order valence-corrected chi connectivity index (χ2v) is 4.90. The molecule has 8 heteroatoms. The van der Waals surface area contributed by atoms with Crippen LogP contribution in [0.1, 0.15) is 21.6 Å². The molecule has 92 valence electrons. The molecule has 2 aromatic rings. The van der Waals surface area contributed by atoms with E-state index in [2.05, 4.69) is 20.9 Å². The molecule has 0 aliphatic rings. The van der Waals surface area contributed by atoms with Crippen molar-refractivity contribution in [3.8, 4) is 0 Å². The third kappa shape index (κ3) is 2.53. The van der Waals surface area contributed by atoms with E-state index in [1.807, 2.05) is 0 Å². The maximum Gasteiger partial charge on any atom is 0.443 e. The quantitative estimate of drug-likeness (QED) is 0.916. The molecular weight excluding hydrogens is 323 g/mol. The molecule has 2 heterocycles. The highest BCUT2D eigenvalue weighted by Crippen LogP contribution is 2.37. The van der Waals surface area contributed by atoms with Crippen LogP contribution in [0.3, 0.4) is 0 Å². The Balaban J connectivity index is 2.30. The zero-order valence-electron chi connectivity index (χ0n) is 8.03. The second-order valence-electron chi connectivity index (χ2n) is 3.12. The fraction of sp³-hybridized carbons (Fsp3) is 0.222. The SMILES string of the molecule is OC(c1cnc(C(F)(F)F)s1)c1ccoc1Br. The molecule has 0 amide bonds. The van der Waals surface area contributed by atoms with E-state index in [4.69, 9.17) is 4.42 Å². The minimum atomic E-state index is -4.49. The molecule has 1 unspecified atom stereocenters. The first kappa shape index (κ1) is 12.6. The lowest BCUT2D eigenvalue weighted by molar-refractivity contribution is -0.137. The average molecular weight is 328 g/mol. The number of nitrogens with zero attached hydrogens (tertiary/aromatic N) is 1. The Morgan fingerprint density at radius 3 is 2.65 bits per heavy atom. The van der Waals surface area contributed by atoms with E-state index in [0.29, 0.717) is 16.9 Å². The summed E-state index contributed by atoms with van der Waals surface area (Å²) in [6.07, 6.45) is -3.33. The number of thiazole rings is 1. The molecule has 0 fully saturated rings. The van der Waals surface area contributed by atoms with Gasteiger partial charge in [0.25, 0.3) is 0 Å². The number of aromatic nitrogens is 1. The highest BCUT2D eigenvalue weighted by molar-refractivity contribution is 9.10. The van der Waals surface area contributed by atoms with E-state index < -0.39 is 17.3 Å². The van der Waals surface area contributed by atoms with Crippen LogP contribution in [-0.2, 0) is 6.18 Å². The van der Waals surface area contributed by atoms with Gasteiger partial charge in [0.1, 0.15) is 6.10 Å². The Morgan fingerprint density at radius 1 is 1.47 bits per heavy atom. The predicted molar refractivity (Wildman–Crippen MR) is 57.6 cm³/mol. The Bertz CT molecular complexity index is 522. The third-order valence-electron chi connectivity index (χ3n) is 1.98. The summed E-state index contributed by atoms with van der Waals surface area (Å²) in [5.41, 5.74) is 0.363. The minimum Gasteiger partial charge on any atom is -0.457 e. The van der Waals surface area contributed by atoms with E-state index in [-0.39, 0.29) is 9.55 Å². The molecule has 0 radical (unpaired) electrons. The lowest BCUT2D eigenvalue weighted by Gasteiger charge is -2.05. The normalized spacial score (nSPS) is 13.9. The van der Waals surface area contributed by atoms with Crippen LogP contribution in [0.2, 0.25) is 0 Å². The summed E-state index contributed by atoms with van der Waals surface area (Å²) in [4.78, 5) is 3.35. The average Bonchev–Trinajstić information content (AvgIpc) is 2.83. The van der Waals surface area contributed by atoms with E-state index >= 15 is 0 Å². The highest BCUT2D eigenvalue weighted by Gasteiger charge is 2.35. The van der Waals surface area contributed by atoms with Gasteiger partial charge in [0.15, 0.2) is 9.68 Å². The Kier molecular flexibility index (Phi) is 3.28. The largest absolute Gasteiger partial charge is 0.457 e. The molecule has 0 aromatic carbocycles. The Labute approximate surface area is 106 Å². The Hall–Kier alpha value is -0.860. The summed E-state index contributed by atoms with van der Waals surface area (Å²) >= 11 is 3.45. The van der Waals surface area contributed by atoms with Gasteiger partial charge < -0.3 is 9.52 Å². The minimum absolute atomic E-state index is 0.111. The standard InChI is InChI=1S/C9H5BrF3NO2S/c10-7-4(1-2-16-7)6(15)5-3-14-8(17-5)9(11,12)13/h1-3,6,15H. The van der Waals surface area contributed by atoms with Crippen LogP contribution >= 0.6 is 27.3 Å². The van der Waals surface area contributed by atoms with Gasteiger partial charge >= 0.3 is 6.18 Å². The first-order valence-electron chi connectivity index (χ1n) is 4.33. The summed E-state index contributed by atoms with van der Waals surface area (Å²) < 4.78 is 42.2. The number of furan rings is 1. The van der Waals surface area contributed by atoms with Gasteiger partial charge in [0, 0.05) is 11.8 Å². The summed E-state index contributed by atoms with van der Waals surface area (Å²) in [6.45, 7) is 0. The van der Waals surface area contributed by atoms with Crippen molar-refractivity contribution in [3.05, 3.63) is 38.6 Å². The summed E-state index contributed by atoms with van der Waals surface area (Å²) in [6, 6.07) is 1.47. The molecule has 0 saturated heterocycles. The lowest BCUT2D eigenvalue weighted by atomic mass is 10.2. The fourth-order valence-corrected chi connectivity index (χ4v) is 2.44. The third-order valence-corrected chi connectivity index (χ3v) is 3.72. The van der Waals surface area contributed by atoms with Crippen molar-refractivity contribution < 1.29 is 22.7 Å². The van der Waals surface area contributed by atoms with E-state index in [1.54, 1.807) is 0 Å². The molecule has 2 aromatic heterocycles. The molecule has 0 aliphatic carbocycles. The van der Waals surface area contributed by atoms with Crippen LogP contribution in [0.25, 0.3) is 0 Å². The molecule has 17 heavy (non-hydrogen) atoms. The van der Waals surface area contributed by atoms with E-state index in [1.165, 1.54) is 12.3 Å². The van der Waals surface area contributed by atoms with Gasteiger partial charge in [0.05, 0.1) is 11.1 Å². The maximum absolute atomic E-state index is 12.3. The topological polar surface area (TPSA) is 46.3 Å². The van der Waals surface area contributed by atoms with Crippen molar-refractivity contribution in [2.24, 2.45) is 0 Å². The number of halogens is 4. The number of aliphatic hydroxyl groups excluding tert-OH is 1. The van der Waals surface area contributed by atoms with Gasteiger partial charge in [-0.2, -0.15) is 13.2 Å². The van der Waals surface area contributed by atoms with Crippen molar-refractivity contribution in [2.75, 3.05) is 0 Å².